The first-order valence-electron chi connectivity index (χ1n) is 6.57. The fourth-order valence-electron chi connectivity index (χ4n) is 2.21. The van der Waals surface area contributed by atoms with Crippen LogP contribution in [0.5, 0.6) is 0 Å². The van der Waals surface area contributed by atoms with Crippen molar-refractivity contribution < 1.29 is 4.79 Å². The lowest BCUT2D eigenvalue weighted by Crippen LogP contribution is -2.12. The Balaban J connectivity index is 1.98. The zero-order chi connectivity index (χ0) is 14.8. The maximum absolute atomic E-state index is 12.3. The van der Waals surface area contributed by atoms with E-state index in [0.717, 1.165) is 25.9 Å². The summed E-state index contributed by atoms with van der Waals surface area (Å²) in [6, 6.07) is 17.2. The van der Waals surface area contributed by atoms with Crippen molar-refractivity contribution in [2.75, 3.05) is 5.32 Å². The molecule has 0 aliphatic carbocycles. The van der Waals surface area contributed by atoms with E-state index in [-0.39, 0.29) is 5.91 Å². The molecule has 0 bridgehead atoms. The summed E-state index contributed by atoms with van der Waals surface area (Å²) in [5.74, 6) is -0.109. The van der Waals surface area contributed by atoms with Gasteiger partial charge in [-0.15, -0.1) is 0 Å². The van der Waals surface area contributed by atoms with E-state index in [1.54, 1.807) is 0 Å². The normalized spacial score (nSPS) is 10.6. The molecule has 1 amide bonds. The Morgan fingerprint density at radius 2 is 1.81 bits per heavy atom. The number of hydrogen-bond donors (Lipinski definition) is 1. The average Bonchev–Trinajstić information content (AvgIpc) is 2.47. The molecule has 0 spiro atoms. The van der Waals surface area contributed by atoms with Gasteiger partial charge in [0.1, 0.15) is 0 Å². The van der Waals surface area contributed by atoms with Crippen LogP contribution in [-0.4, -0.2) is 10.9 Å². The van der Waals surface area contributed by atoms with Gasteiger partial charge >= 0.3 is 0 Å². The number of amides is 1. The summed E-state index contributed by atoms with van der Waals surface area (Å²) in [5, 5.41) is 3.93. The van der Waals surface area contributed by atoms with Crippen molar-refractivity contribution in [2.24, 2.45) is 0 Å². The molecule has 0 saturated heterocycles. The number of carbonyl (C=O) groups is 1. The molecule has 0 fully saturated rings. The van der Waals surface area contributed by atoms with Crippen LogP contribution in [0, 0.1) is 10.5 Å². The lowest BCUT2D eigenvalue weighted by Gasteiger charge is -2.10. The number of nitrogens with zero attached hydrogens (tertiary/aromatic N) is 1. The summed E-state index contributed by atoms with van der Waals surface area (Å²) < 4.78 is 1.11. The maximum Gasteiger partial charge on any atom is 0.255 e. The van der Waals surface area contributed by atoms with E-state index >= 15 is 0 Å². The number of anilines is 1. The zero-order valence-electron chi connectivity index (χ0n) is 11.4. The van der Waals surface area contributed by atoms with E-state index in [1.165, 1.54) is 0 Å². The summed E-state index contributed by atoms with van der Waals surface area (Å²) in [5.41, 5.74) is 3.21. The summed E-state index contributed by atoms with van der Waals surface area (Å²) in [6.07, 6.45) is 0. The van der Waals surface area contributed by atoms with Gasteiger partial charge in [0.25, 0.3) is 5.91 Å². The van der Waals surface area contributed by atoms with E-state index in [4.69, 9.17) is 0 Å². The fourth-order valence-corrected chi connectivity index (χ4v) is 2.57. The minimum atomic E-state index is -0.109. The number of pyridine rings is 1. The zero-order valence-corrected chi connectivity index (χ0v) is 13.6. The van der Waals surface area contributed by atoms with Crippen LogP contribution in [0.3, 0.4) is 0 Å². The van der Waals surface area contributed by atoms with Crippen LogP contribution in [0.4, 0.5) is 5.69 Å². The molecule has 21 heavy (non-hydrogen) atoms. The lowest BCUT2D eigenvalue weighted by molar-refractivity contribution is 0.102. The van der Waals surface area contributed by atoms with E-state index in [0.29, 0.717) is 5.56 Å². The van der Waals surface area contributed by atoms with Gasteiger partial charge in [-0.2, -0.15) is 0 Å². The molecule has 3 aromatic rings. The first-order valence-corrected chi connectivity index (χ1v) is 7.65. The number of carbonyl (C=O) groups excluding carboxylic acids is 1. The molecule has 0 aliphatic heterocycles. The highest BCUT2D eigenvalue weighted by Gasteiger charge is 2.09. The van der Waals surface area contributed by atoms with Crippen LogP contribution in [0.1, 0.15) is 16.1 Å². The summed E-state index contributed by atoms with van der Waals surface area (Å²) in [6.45, 7) is 1.92. The number of aromatic nitrogens is 1. The van der Waals surface area contributed by atoms with Crippen LogP contribution in [0.25, 0.3) is 10.9 Å². The molecule has 3 rings (SSSR count). The van der Waals surface area contributed by atoms with Crippen LogP contribution in [-0.2, 0) is 0 Å². The Bertz CT molecular complexity index is 813. The molecular weight excluding hydrogens is 375 g/mol. The van der Waals surface area contributed by atoms with Crippen molar-refractivity contribution in [3.8, 4) is 0 Å². The number of aryl methyl sites for hydroxylation is 1. The number of halogens is 1. The summed E-state index contributed by atoms with van der Waals surface area (Å²) in [7, 11) is 0. The molecule has 3 nitrogen and oxygen atoms in total. The Morgan fingerprint density at radius 1 is 1.10 bits per heavy atom. The number of nitrogens with one attached hydrogen (secondary N) is 1. The van der Waals surface area contributed by atoms with Crippen molar-refractivity contribution in [3.05, 3.63) is 69.4 Å². The SMILES string of the molecule is Cc1cc(NC(=O)c2ccc(I)cc2)c2ccccc2n1. The third kappa shape index (κ3) is 3.05. The second-order valence-corrected chi connectivity index (χ2v) is 6.03. The molecule has 104 valence electrons. The van der Waals surface area contributed by atoms with E-state index in [9.17, 15) is 4.79 Å². The third-order valence-corrected chi connectivity index (χ3v) is 3.92. The van der Waals surface area contributed by atoms with Crippen LogP contribution in [0.2, 0.25) is 0 Å². The molecule has 0 saturated carbocycles. The Kier molecular flexibility index (Phi) is 3.88. The van der Waals surface area contributed by atoms with Crippen molar-refractivity contribution in [2.45, 2.75) is 6.92 Å². The summed E-state index contributed by atoms with van der Waals surface area (Å²) in [4.78, 5) is 16.8. The van der Waals surface area contributed by atoms with Crippen molar-refractivity contribution in [1.82, 2.24) is 4.98 Å². The molecule has 4 heteroatoms. The predicted molar refractivity (Wildman–Crippen MR) is 93.6 cm³/mol. The molecule has 1 aromatic heterocycles. The third-order valence-electron chi connectivity index (χ3n) is 3.20. The van der Waals surface area contributed by atoms with Crippen LogP contribution < -0.4 is 5.32 Å². The van der Waals surface area contributed by atoms with Gasteiger partial charge in [0, 0.05) is 20.2 Å². The van der Waals surface area contributed by atoms with Gasteiger partial charge in [-0.25, -0.2) is 0 Å². The Hall–Kier alpha value is -1.95. The Morgan fingerprint density at radius 3 is 2.57 bits per heavy atom. The van der Waals surface area contributed by atoms with Gasteiger partial charge in [-0.1, -0.05) is 18.2 Å². The molecule has 0 atom stereocenters. The van der Waals surface area contributed by atoms with Gasteiger partial charge in [0.05, 0.1) is 11.2 Å². The molecular formula is C17H13IN2O. The van der Waals surface area contributed by atoms with Gasteiger partial charge in [-0.3, -0.25) is 9.78 Å². The molecule has 0 radical (unpaired) electrons. The monoisotopic (exact) mass is 388 g/mol. The number of fused-ring (bicyclic) bond motifs is 1. The molecule has 1 N–H and O–H groups in total. The largest absolute Gasteiger partial charge is 0.321 e. The topological polar surface area (TPSA) is 42.0 Å². The molecule has 1 heterocycles. The fraction of sp³-hybridized carbons (Fsp3) is 0.0588. The van der Waals surface area contributed by atoms with Gasteiger partial charge in [0.2, 0.25) is 0 Å². The standard InChI is InChI=1S/C17H13IN2O/c1-11-10-16(14-4-2-3-5-15(14)19-11)20-17(21)12-6-8-13(18)9-7-12/h2-10H,1H3,(H,19,20,21). The van der Waals surface area contributed by atoms with Crippen molar-refractivity contribution >= 4 is 45.1 Å². The molecule has 2 aromatic carbocycles. The first-order chi connectivity index (χ1) is 10.1. The quantitative estimate of drug-likeness (QED) is 0.662. The van der Waals surface area contributed by atoms with Gasteiger partial charge in [0.15, 0.2) is 0 Å². The van der Waals surface area contributed by atoms with Crippen molar-refractivity contribution in [3.63, 3.8) is 0 Å². The highest BCUT2D eigenvalue weighted by atomic mass is 127. The average molecular weight is 388 g/mol. The number of benzene rings is 2. The minimum Gasteiger partial charge on any atom is -0.321 e. The predicted octanol–water partition coefficient (Wildman–Crippen LogP) is 4.40. The Labute approximate surface area is 136 Å². The van der Waals surface area contributed by atoms with E-state index in [1.807, 2.05) is 61.5 Å². The van der Waals surface area contributed by atoms with Gasteiger partial charge < -0.3 is 5.32 Å². The minimum absolute atomic E-state index is 0.109. The molecule has 0 aliphatic rings. The van der Waals surface area contributed by atoms with Crippen LogP contribution >= 0.6 is 22.6 Å². The number of rotatable bonds is 2. The number of hydrogen-bond acceptors (Lipinski definition) is 2. The summed E-state index contributed by atoms with van der Waals surface area (Å²) >= 11 is 2.22. The van der Waals surface area contributed by atoms with Crippen LogP contribution in [0.15, 0.2) is 54.6 Å². The maximum atomic E-state index is 12.3. The van der Waals surface area contributed by atoms with Crippen molar-refractivity contribution in [1.29, 1.82) is 0 Å². The second-order valence-electron chi connectivity index (χ2n) is 4.79. The second kappa shape index (κ2) is 5.81. The first kappa shape index (κ1) is 14.0. The molecule has 0 unspecified atom stereocenters. The highest BCUT2D eigenvalue weighted by molar-refractivity contribution is 14.1. The van der Waals surface area contributed by atoms with E-state index < -0.39 is 0 Å². The highest BCUT2D eigenvalue weighted by Crippen LogP contribution is 2.23. The number of para-hydroxylation sites is 1. The van der Waals surface area contributed by atoms with E-state index in [2.05, 4.69) is 32.9 Å². The van der Waals surface area contributed by atoms with Gasteiger partial charge in [-0.05, 0) is 65.9 Å². The smallest absolute Gasteiger partial charge is 0.255 e. The lowest BCUT2D eigenvalue weighted by atomic mass is 10.1.